The zero-order valence-corrected chi connectivity index (χ0v) is 11.6. The smallest absolute Gasteiger partial charge is 0.135 e. The minimum absolute atomic E-state index is 0.563. The van der Waals surface area contributed by atoms with Crippen LogP contribution in [-0.2, 0) is 0 Å². The SMILES string of the molecule is CCCCCCCCNc1ncccc1C(C)=N. The maximum Gasteiger partial charge on any atom is 0.135 e. The summed E-state index contributed by atoms with van der Waals surface area (Å²) in [5.41, 5.74) is 1.47. The van der Waals surface area contributed by atoms with Gasteiger partial charge in [0.05, 0.1) is 0 Å². The zero-order valence-electron chi connectivity index (χ0n) is 11.6. The second kappa shape index (κ2) is 8.67. The lowest BCUT2D eigenvalue weighted by Gasteiger charge is -2.09. The maximum absolute atomic E-state index is 7.69. The molecule has 0 amide bonds. The summed E-state index contributed by atoms with van der Waals surface area (Å²) in [6, 6.07) is 3.82. The van der Waals surface area contributed by atoms with Crippen molar-refractivity contribution in [3.63, 3.8) is 0 Å². The van der Waals surface area contributed by atoms with Crippen molar-refractivity contribution < 1.29 is 0 Å². The zero-order chi connectivity index (χ0) is 13.2. The summed E-state index contributed by atoms with van der Waals surface area (Å²) < 4.78 is 0. The lowest BCUT2D eigenvalue weighted by Crippen LogP contribution is -2.08. The highest BCUT2D eigenvalue weighted by atomic mass is 15.0. The van der Waals surface area contributed by atoms with Crippen molar-refractivity contribution in [2.24, 2.45) is 0 Å². The highest BCUT2D eigenvalue weighted by molar-refractivity contribution is 6.00. The standard InChI is InChI=1S/C15H25N3/c1-3-4-5-6-7-8-11-17-15-14(13(2)16)10-9-12-18-15/h9-10,12,16H,3-8,11H2,1-2H3,(H,17,18). The molecule has 18 heavy (non-hydrogen) atoms. The number of pyridine rings is 1. The van der Waals surface area contributed by atoms with Crippen LogP contribution in [0, 0.1) is 5.41 Å². The van der Waals surface area contributed by atoms with Crippen molar-refractivity contribution in [2.45, 2.75) is 52.4 Å². The molecule has 0 atom stereocenters. The molecule has 0 spiro atoms. The molecule has 0 aromatic carbocycles. The molecule has 0 radical (unpaired) electrons. The lowest BCUT2D eigenvalue weighted by atomic mass is 10.1. The second-order valence-electron chi connectivity index (χ2n) is 4.72. The molecule has 1 aromatic heterocycles. The van der Waals surface area contributed by atoms with E-state index in [0.717, 1.165) is 17.9 Å². The van der Waals surface area contributed by atoms with E-state index in [2.05, 4.69) is 17.2 Å². The minimum atomic E-state index is 0.563. The van der Waals surface area contributed by atoms with Gasteiger partial charge in [0, 0.05) is 24.0 Å². The second-order valence-corrected chi connectivity index (χ2v) is 4.72. The third kappa shape index (κ3) is 5.30. The Balaban J connectivity index is 2.25. The van der Waals surface area contributed by atoms with E-state index >= 15 is 0 Å². The first-order valence-corrected chi connectivity index (χ1v) is 7.00. The summed E-state index contributed by atoms with van der Waals surface area (Å²) in [5, 5.41) is 11.0. The van der Waals surface area contributed by atoms with E-state index in [9.17, 15) is 0 Å². The van der Waals surface area contributed by atoms with Gasteiger partial charge in [-0.05, 0) is 25.5 Å². The first-order chi connectivity index (χ1) is 8.75. The number of unbranched alkanes of at least 4 members (excludes halogenated alkanes) is 5. The normalized spacial score (nSPS) is 10.3. The summed E-state index contributed by atoms with van der Waals surface area (Å²) in [4.78, 5) is 4.30. The summed E-state index contributed by atoms with van der Waals surface area (Å²) in [7, 11) is 0. The van der Waals surface area contributed by atoms with Crippen LogP contribution in [0.25, 0.3) is 0 Å². The Morgan fingerprint density at radius 2 is 1.94 bits per heavy atom. The maximum atomic E-state index is 7.69. The van der Waals surface area contributed by atoms with Gasteiger partial charge in [0.25, 0.3) is 0 Å². The van der Waals surface area contributed by atoms with Gasteiger partial charge < -0.3 is 10.7 Å². The van der Waals surface area contributed by atoms with Crippen LogP contribution in [0.1, 0.15) is 57.9 Å². The third-order valence-corrected chi connectivity index (χ3v) is 3.03. The Morgan fingerprint density at radius 1 is 1.22 bits per heavy atom. The number of rotatable bonds is 9. The fourth-order valence-corrected chi connectivity index (χ4v) is 1.96. The molecule has 0 saturated heterocycles. The molecule has 0 aliphatic rings. The van der Waals surface area contributed by atoms with Gasteiger partial charge in [0.15, 0.2) is 0 Å². The number of nitrogens with zero attached hydrogens (tertiary/aromatic N) is 1. The Bertz CT molecular complexity index is 361. The summed E-state index contributed by atoms with van der Waals surface area (Å²) >= 11 is 0. The minimum Gasteiger partial charge on any atom is -0.370 e. The molecule has 1 rings (SSSR count). The van der Waals surface area contributed by atoms with Crippen molar-refractivity contribution in [3.05, 3.63) is 23.9 Å². The highest BCUT2D eigenvalue weighted by Crippen LogP contribution is 2.12. The quantitative estimate of drug-likeness (QED) is 0.506. The van der Waals surface area contributed by atoms with Gasteiger partial charge in [0.1, 0.15) is 5.82 Å². The molecule has 100 valence electrons. The van der Waals surface area contributed by atoms with Crippen LogP contribution in [0.4, 0.5) is 5.82 Å². The van der Waals surface area contributed by atoms with E-state index in [4.69, 9.17) is 5.41 Å². The molecule has 0 unspecified atom stereocenters. The van der Waals surface area contributed by atoms with E-state index in [0.29, 0.717) is 5.71 Å². The summed E-state index contributed by atoms with van der Waals surface area (Å²) in [6.07, 6.45) is 9.56. The number of aromatic nitrogens is 1. The molecule has 0 fully saturated rings. The molecule has 0 saturated carbocycles. The van der Waals surface area contributed by atoms with Gasteiger partial charge in [-0.3, -0.25) is 0 Å². The molecular weight excluding hydrogens is 222 g/mol. The molecular formula is C15H25N3. The summed E-state index contributed by atoms with van der Waals surface area (Å²) in [6.45, 7) is 4.99. The van der Waals surface area contributed by atoms with Gasteiger partial charge in [0.2, 0.25) is 0 Å². The van der Waals surface area contributed by atoms with Gasteiger partial charge >= 0.3 is 0 Å². The average Bonchev–Trinajstić information content (AvgIpc) is 2.38. The van der Waals surface area contributed by atoms with E-state index in [1.54, 1.807) is 13.1 Å². The van der Waals surface area contributed by atoms with Crippen LogP contribution in [0.2, 0.25) is 0 Å². The molecule has 0 aliphatic carbocycles. The predicted octanol–water partition coefficient (Wildman–Crippen LogP) is 4.24. The predicted molar refractivity (Wildman–Crippen MR) is 78.6 cm³/mol. The van der Waals surface area contributed by atoms with Crippen LogP contribution < -0.4 is 5.32 Å². The Hall–Kier alpha value is -1.38. The van der Waals surface area contributed by atoms with Crippen LogP contribution >= 0.6 is 0 Å². The van der Waals surface area contributed by atoms with E-state index in [1.807, 2.05) is 12.1 Å². The molecule has 0 bridgehead atoms. The number of nitrogens with one attached hydrogen (secondary N) is 2. The van der Waals surface area contributed by atoms with Gasteiger partial charge in [-0.1, -0.05) is 39.0 Å². The van der Waals surface area contributed by atoms with Crippen molar-refractivity contribution in [1.82, 2.24) is 4.98 Å². The fourth-order valence-electron chi connectivity index (χ4n) is 1.96. The Kier molecular flexibility index (Phi) is 7.07. The fraction of sp³-hybridized carbons (Fsp3) is 0.600. The van der Waals surface area contributed by atoms with Gasteiger partial charge in [-0.2, -0.15) is 0 Å². The van der Waals surface area contributed by atoms with E-state index < -0.39 is 0 Å². The van der Waals surface area contributed by atoms with Crippen LogP contribution in [-0.4, -0.2) is 17.2 Å². The molecule has 3 heteroatoms. The molecule has 3 nitrogen and oxygen atoms in total. The van der Waals surface area contributed by atoms with Crippen molar-refractivity contribution in [1.29, 1.82) is 5.41 Å². The van der Waals surface area contributed by atoms with Crippen molar-refractivity contribution in [2.75, 3.05) is 11.9 Å². The van der Waals surface area contributed by atoms with Gasteiger partial charge in [-0.15, -0.1) is 0 Å². The van der Waals surface area contributed by atoms with Crippen molar-refractivity contribution in [3.8, 4) is 0 Å². The van der Waals surface area contributed by atoms with Crippen LogP contribution in [0.3, 0.4) is 0 Å². The Morgan fingerprint density at radius 3 is 2.67 bits per heavy atom. The Labute approximate surface area is 111 Å². The van der Waals surface area contributed by atoms with E-state index in [1.165, 1.54) is 38.5 Å². The van der Waals surface area contributed by atoms with Crippen LogP contribution in [0.15, 0.2) is 18.3 Å². The lowest BCUT2D eigenvalue weighted by molar-refractivity contribution is 0.617. The average molecular weight is 247 g/mol. The largest absolute Gasteiger partial charge is 0.370 e. The first kappa shape index (κ1) is 14.7. The number of anilines is 1. The van der Waals surface area contributed by atoms with Crippen LogP contribution in [0.5, 0.6) is 0 Å². The number of hydrogen-bond donors (Lipinski definition) is 2. The molecule has 1 heterocycles. The van der Waals surface area contributed by atoms with Gasteiger partial charge in [-0.25, -0.2) is 4.98 Å². The van der Waals surface area contributed by atoms with Crippen molar-refractivity contribution >= 4 is 11.5 Å². The topological polar surface area (TPSA) is 48.8 Å². The summed E-state index contributed by atoms with van der Waals surface area (Å²) in [5.74, 6) is 0.846. The number of hydrogen-bond acceptors (Lipinski definition) is 3. The molecule has 2 N–H and O–H groups in total. The monoisotopic (exact) mass is 247 g/mol. The molecule has 0 aliphatic heterocycles. The third-order valence-electron chi connectivity index (χ3n) is 3.03. The first-order valence-electron chi connectivity index (χ1n) is 7.00. The van der Waals surface area contributed by atoms with E-state index in [-0.39, 0.29) is 0 Å². The molecule has 1 aromatic rings. The highest BCUT2D eigenvalue weighted by Gasteiger charge is 2.03.